The van der Waals surface area contributed by atoms with Gasteiger partial charge in [0.25, 0.3) is 5.91 Å². The number of carbonyl (C=O) groups excluding carboxylic acids is 2. The molecule has 3 aromatic rings. The van der Waals surface area contributed by atoms with Crippen LogP contribution in [0.5, 0.6) is 11.5 Å². The van der Waals surface area contributed by atoms with E-state index in [4.69, 9.17) is 9.47 Å². The average Bonchev–Trinajstić information content (AvgIpc) is 3.58. The molecule has 0 spiro atoms. The van der Waals surface area contributed by atoms with Gasteiger partial charge < -0.3 is 23.6 Å². The standard InChI is InChI=1S/C35H41FN2O5Si/c1-23-29(42-32(34(23)44(2,3)36)21-33(40)37-20-8-9-26(37)22-39)19-16-24-14-17-25(18-15-24)38-28-11-5-7-13-31(28)43-30-12-6-4-10-27(30)35(38)41/h4-7,10-15,17-18,23,26,29,32,34,39H,8-9,16,19-22H2,1-3H3/t23-,26-,29+,32-,34+/m0/s1. The van der Waals surface area contributed by atoms with Gasteiger partial charge in [0.15, 0.2) is 5.75 Å². The zero-order valence-corrected chi connectivity index (χ0v) is 26.6. The number of aliphatic hydroxyl groups is 1. The largest absolute Gasteiger partial charge is 0.454 e. The molecule has 2 amide bonds. The number of anilines is 2. The summed E-state index contributed by atoms with van der Waals surface area (Å²) >= 11 is 0. The highest BCUT2D eigenvalue weighted by atomic mass is 28.4. The van der Waals surface area contributed by atoms with Crippen LogP contribution in [0.4, 0.5) is 15.5 Å². The van der Waals surface area contributed by atoms with Crippen LogP contribution in [0.15, 0.2) is 72.8 Å². The summed E-state index contributed by atoms with van der Waals surface area (Å²) in [5.41, 5.74) is 2.74. The number of likely N-dealkylation sites (tertiary alicyclic amines) is 1. The number of carbonyl (C=O) groups is 2. The third-order valence-electron chi connectivity index (χ3n) is 9.54. The van der Waals surface area contributed by atoms with Gasteiger partial charge in [-0.3, -0.25) is 14.5 Å². The van der Waals surface area contributed by atoms with Crippen LogP contribution >= 0.6 is 0 Å². The molecule has 232 valence electrons. The zero-order valence-electron chi connectivity index (χ0n) is 25.6. The molecule has 9 heteroatoms. The first-order chi connectivity index (χ1) is 21.2. The van der Waals surface area contributed by atoms with Crippen molar-refractivity contribution < 1.29 is 28.3 Å². The molecular formula is C35H41FN2O5Si. The van der Waals surface area contributed by atoms with E-state index in [9.17, 15) is 14.7 Å². The molecule has 3 aliphatic heterocycles. The topological polar surface area (TPSA) is 79.3 Å². The van der Waals surface area contributed by atoms with Crippen molar-refractivity contribution >= 4 is 31.6 Å². The molecule has 1 N–H and O–H groups in total. The highest BCUT2D eigenvalue weighted by Gasteiger charge is 2.52. The SMILES string of the molecule is C[C@@H]1[C@@H]([Si](C)(C)F)[C@H](CC(=O)N2CCC[C@H]2CO)O[C@@H]1CCc1ccc(N2C(=O)c3ccccc3Oc3ccccc32)cc1. The summed E-state index contributed by atoms with van der Waals surface area (Å²) in [7, 11) is -3.12. The van der Waals surface area contributed by atoms with E-state index in [0.717, 1.165) is 30.5 Å². The van der Waals surface area contributed by atoms with Gasteiger partial charge in [0.05, 0.1) is 42.5 Å². The number of aliphatic hydroxyl groups excluding tert-OH is 1. The molecule has 0 bridgehead atoms. The molecule has 5 atom stereocenters. The van der Waals surface area contributed by atoms with Crippen LogP contribution in [0, 0.1) is 5.92 Å². The van der Waals surface area contributed by atoms with E-state index in [-0.39, 0.29) is 48.4 Å². The molecule has 7 nitrogen and oxygen atoms in total. The van der Waals surface area contributed by atoms with Crippen molar-refractivity contribution in [3.05, 3.63) is 83.9 Å². The minimum atomic E-state index is -3.12. The summed E-state index contributed by atoms with van der Waals surface area (Å²) < 4.78 is 28.2. The maximum Gasteiger partial charge on any atom is 0.266 e. The molecule has 0 saturated carbocycles. The Bertz CT molecular complexity index is 1510. The second kappa shape index (κ2) is 12.5. The van der Waals surface area contributed by atoms with Gasteiger partial charge in [0.2, 0.25) is 14.3 Å². The monoisotopic (exact) mass is 616 g/mol. The fourth-order valence-corrected chi connectivity index (χ4v) is 9.95. The lowest BCUT2D eigenvalue weighted by Crippen LogP contribution is -2.42. The Labute approximate surface area is 259 Å². The first kappa shape index (κ1) is 30.5. The summed E-state index contributed by atoms with van der Waals surface area (Å²) in [5, 5.41) is 9.69. The van der Waals surface area contributed by atoms with E-state index in [1.54, 1.807) is 35.0 Å². The number of halogens is 1. The van der Waals surface area contributed by atoms with Crippen LogP contribution in [0.2, 0.25) is 18.6 Å². The third kappa shape index (κ3) is 5.92. The maximum atomic E-state index is 15.6. The Balaban J connectivity index is 1.16. The minimum absolute atomic E-state index is 0.00255. The van der Waals surface area contributed by atoms with Crippen LogP contribution in [-0.4, -0.2) is 61.6 Å². The van der Waals surface area contributed by atoms with Crippen LogP contribution in [-0.2, 0) is 16.0 Å². The van der Waals surface area contributed by atoms with Gasteiger partial charge in [-0.05, 0) is 86.7 Å². The van der Waals surface area contributed by atoms with E-state index in [1.165, 1.54) is 0 Å². The van der Waals surface area contributed by atoms with Gasteiger partial charge in [0.1, 0.15) is 5.75 Å². The molecule has 2 fully saturated rings. The number of nitrogens with zero attached hydrogens (tertiary/aromatic N) is 2. The van der Waals surface area contributed by atoms with Gasteiger partial charge in [-0.25, -0.2) is 0 Å². The number of para-hydroxylation sites is 3. The number of aryl methyl sites for hydroxylation is 1. The van der Waals surface area contributed by atoms with Crippen molar-refractivity contribution in [2.45, 2.75) is 75.9 Å². The quantitative estimate of drug-likeness (QED) is 0.217. The minimum Gasteiger partial charge on any atom is -0.454 e. The van der Waals surface area contributed by atoms with E-state index in [0.29, 0.717) is 35.7 Å². The molecule has 0 aliphatic carbocycles. The number of benzene rings is 3. The van der Waals surface area contributed by atoms with Crippen LogP contribution in [0.3, 0.4) is 0 Å². The highest BCUT2D eigenvalue weighted by Crippen LogP contribution is 2.47. The molecule has 0 aromatic heterocycles. The second-order valence-electron chi connectivity index (χ2n) is 12.8. The summed E-state index contributed by atoms with van der Waals surface area (Å²) in [6, 6.07) is 22.6. The van der Waals surface area contributed by atoms with Crippen LogP contribution < -0.4 is 9.64 Å². The van der Waals surface area contributed by atoms with Crippen LogP contribution in [0.25, 0.3) is 0 Å². The molecule has 3 aromatic carbocycles. The van der Waals surface area contributed by atoms with Gasteiger partial charge >= 0.3 is 0 Å². The lowest BCUT2D eigenvalue weighted by Gasteiger charge is -2.30. The summed E-state index contributed by atoms with van der Waals surface area (Å²) in [4.78, 5) is 30.3. The zero-order chi connectivity index (χ0) is 31.0. The first-order valence-electron chi connectivity index (χ1n) is 15.7. The summed E-state index contributed by atoms with van der Waals surface area (Å²) in [6.45, 7) is 6.09. The predicted octanol–water partition coefficient (Wildman–Crippen LogP) is 7.03. The van der Waals surface area contributed by atoms with E-state index >= 15 is 4.11 Å². The van der Waals surface area contributed by atoms with E-state index in [2.05, 4.69) is 6.92 Å². The van der Waals surface area contributed by atoms with Gasteiger partial charge in [-0.1, -0.05) is 43.3 Å². The van der Waals surface area contributed by atoms with E-state index < -0.39 is 14.5 Å². The maximum absolute atomic E-state index is 15.6. The predicted molar refractivity (Wildman–Crippen MR) is 171 cm³/mol. The number of hydrogen-bond acceptors (Lipinski definition) is 5. The van der Waals surface area contributed by atoms with Crippen molar-refractivity contribution in [3.8, 4) is 11.5 Å². The molecule has 2 saturated heterocycles. The molecule has 0 unspecified atom stereocenters. The number of hydrogen-bond donors (Lipinski definition) is 1. The van der Waals surface area contributed by atoms with Gasteiger partial charge in [-0.15, -0.1) is 0 Å². The lowest BCUT2D eigenvalue weighted by atomic mass is 9.95. The van der Waals surface area contributed by atoms with Crippen molar-refractivity contribution in [2.24, 2.45) is 5.92 Å². The van der Waals surface area contributed by atoms with Crippen LogP contribution in [0.1, 0.15) is 48.5 Å². The van der Waals surface area contributed by atoms with Crippen molar-refractivity contribution in [1.29, 1.82) is 0 Å². The number of rotatable bonds is 8. The normalized spacial score (nSPS) is 24.9. The Morgan fingerprint density at radius 1 is 1.00 bits per heavy atom. The Morgan fingerprint density at radius 3 is 2.43 bits per heavy atom. The molecular weight excluding hydrogens is 575 g/mol. The summed E-state index contributed by atoms with van der Waals surface area (Å²) in [5.74, 6) is 0.936. The number of ether oxygens (including phenoxy) is 2. The summed E-state index contributed by atoms with van der Waals surface area (Å²) in [6.07, 6.45) is 2.68. The number of fused-ring (bicyclic) bond motifs is 2. The Morgan fingerprint density at radius 2 is 1.70 bits per heavy atom. The fourth-order valence-electron chi connectivity index (χ4n) is 7.41. The Hall–Kier alpha value is -3.53. The molecule has 44 heavy (non-hydrogen) atoms. The van der Waals surface area contributed by atoms with E-state index in [1.807, 2.05) is 60.7 Å². The second-order valence-corrected chi connectivity index (χ2v) is 16.6. The average molecular weight is 617 g/mol. The molecule has 3 heterocycles. The van der Waals surface area contributed by atoms with Crippen molar-refractivity contribution in [1.82, 2.24) is 4.90 Å². The van der Waals surface area contributed by atoms with Gasteiger partial charge in [0, 0.05) is 17.8 Å². The first-order valence-corrected chi connectivity index (χ1v) is 18.6. The smallest absolute Gasteiger partial charge is 0.266 e. The number of amides is 2. The van der Waals surface area contributed by atoms with Crippen molar-refractivity contribution in [3.63, 3.8) is 0 Å². The highest BCUT2D eigenvalue weighted by molar-refractivity contribution is 6.72. The molecule has 0 radical (unpaired) electrons. The van der Waals surface area contributed by atoms with Crippen molar-refractivity contribution in [2.75, 3.05) is 18.1 Å². The molecule has 6 rings (SSSR count). The Kier molecular flexibility index (Phi) is 8.63. The third-order valence-corrected chi connectivity index (χ3v) is 12.0. The lowest BCUT2D eigenvalue weighted by molar-refractivity contribution is -0.135. The fraction of sp³-hybridized carbons (Fsp3) is 0.429. The molecule has 3 aliphatic rings. The van der Waals surface area contributed by atoms with Gasteiger partial charge in [-0.2, -0.15) is 0 Å².